The molecule has 1 atom stereocenters. The first kappa shape index (κ1) is 20.4. The molecule has 1 heterocycles. The number of methoxy groups -OCH3 is 1. The summed E-state index contributed by atoms with van der Waals surface area (Å²) in [5.74, 6) is 0.628. The number of aryl methyl sites for hydroxylation is 1. The molecule has 0 bridgehead atoms. The number of nitrogens with two attached hydrogens (primary N) is 1. The van der Waals surface area contributed by atoms with Crippen LogP contribution in [-0.4, -0.2) is 24.8 Å². The second-order valence-electron chi connectivity index (χ2n) is 7.02. The van der Waals surface area contributed by atoms with E-state index in [1.54, 1.807) is 19.2 Å². The number of amidine groups is 1. The highest BCUT2D eigenvalue weighted by molar-refractivity contribution is 5.94. The van der Waals surface area contributed by atoms with Gasteiger partial charge in [0.25, 0.3) is 0 Å². The van der Waals surface area contributed by atoms with Crippen molar-refractivity contribution in [2.75, 3.05) is 7.11 Å². The van der Waals surface area contributed by atoms with Crippen LogP contribution < -0.4 is 20.5 Å². The van der Waals surface area contributed by atoms with Crippen LogP contribution in [-0.2, 0) is 16.0 Å². The Hall–Kier alpha value is -3.35. The van der Waals surface area contributed by atoms with Gasteiger partial charge in [-0.05, 0) is 37.0 Å². The second kappa shape index (κ2) is 9.23. The molecule has 1 aliphatic heterocycles. The normalized spacial score (nSPS) is 15.2. The first-order chi connectivity index (χ1) is 14.0. The van der Waals surface area contributed by atoms with Crippen LogP contribution in [0.2, 0.25) is 0 Å². The number of nitrogens with one attached hydrogen (secondary N) is 2. The summed E-state index contributed by atoms with van der Waals surface area (Å²) in [6, 6.07) is 12.4. The summed E-state index contributed by atoms with van der Waals surface area (Å²) in [5.41, 5.74) is 8.09. The van der Waals surface area contributed by atoms with Crippen molar-refractivity contribution in [3.8, 4) is 11.5 Å². The molecular weight excluding hydrogens is 370 g/mol. The van der Waals surface area contributed by atoms with Crippen LogP contribution in [0.3, 0.4) is 0 Å². The predicted octanol–water partition coefficient (Wildman–Crippen LogP) is 2.86. The number of carbonyl (C=O) groups is 2. The van der Waals surface area contributed by atoms with Gasteiger partial charge in [0.2, 0.25) is 5.91 Å². The minimum atomic E-state index is -0.385. The van der Waals surface area contributed by atoms with Gasteiger partial charge in [-0.15, -0.1) is 0 Å². The zero-order valence-corrected chi connectivity index (χ0v) is 16.4. The van der Waals surface area contributed by atoms with E-state index >= 15 is 0 Å². The van der Waals surface area contributed by atoms with Crippen molar-refractivity contribution >= 4 is 17.7 Å². The van der Waals surface area contributed by atoms with Crippen LogP contribution in [0.1, 0.15) is 48.4 Å². The second-order valence-corrected chi connectivity index (χ2v) is 7.02. The van der Waals surface area contributed by atoms with Crippen molar-refractivity contribution in [3.05, 3.63) is 59.2 Å². The smallest absolute Gasteiger partial charge is 0.313 e. The molecule has 7 nitrogen and oxygen atoms in total. The molecule has 0 aromatic heterocycles. The summed E-state index contributed by atoms with van der Waals surface area (Å²) in [5, 5.41) is 10.3. The number of nitrogen functional groups attached to an aromatic ring is 1. The number of rotatable bonds is 8. The summed E-state index contributed by atoms with van der Waals surface area (Å²) >= 11 is 0. The Bertz CT molecular complexity index is 909. The summed E-state index contributed by atoms with van der Waals surface area (Å²) in [6.07, 6.45) is 2.97. The quantitative estimate of drug-likeness (QED) is 0.209. The Morgan fingerprint density at radius 3 is 2.69 bits per heavy atom. The monoisotopic (exact) mass is 395 g/mol. The highest BCUT2D eigenvalue weighted by Gasteiger charge is 2.28. The lowest BCUT2D eigenvalue weighted by Crippen LogP contribution is -2.34. The van der Waals surface area contributed by atoms with Crippen LogP contribution in [0, 0.1) is 5.41 Å². The number of hydrogen-bond acceptors (Lipinski definition) is 5. The molecule has 0 radical (unpaired) electrons. The van der Waals surface area contributed by atoms with E-state index in [0.29, 0.717) is 23.5 Å². The Balaban J connectivity index is 1.48. The van der Waals surface area contributed by atoms with Crippen LogP contribution in [0.5, 0.6) is 11.5 Å². The van der Waals surface area contributed by atoms with Crippen LogP contribution in [0.25, 0.3) is 0 Å². The van der Waals surface area contributed by atoms with Gasteiger partial charge in [0.1, 0.15) is 17.3 Å². The van der Waals surface area contributed by atoms with Crippen molar-refractivity contribution in [1.82, 2.24) is 5.32 Å². The van der Waals surface area contributed by atoms with Gasteiger partial charge in [0, 0.05) is 23.6 Å². The van der Waals surface area contributed by atoms with Gasteiger partial charge in [-0.1, -0.05) is 24.3 Å². The molecule has 1 amide bonds. The van der Waals surface area contributed by atoms with E-state index < -0.39 is 0 Å². The lowest BCUT2D eigenvalue weighted by atomic mass is 9.99. The molecule has 2 aromatic rings. The molecule has 0 spiro atoms. The van der Waals surface area contributed by atoms with Gasteiger partial charge in [0.05, 0.1) is 19.6 Å². The number of benzene rings is 2. The van der Waals surface area contributed by atoms with E-state index in [4.69, 9.17) is 20.6 Å². The van der Waals surface area contributed by atoms with Crippen LogP contribution in [0.4, 0.5) is 0 Å². The highest BCUT2D eigenvalue weighted by atomic mass is 16.5. The zero-order chi connectivity index (χ0) is 20.8. The fraction of sp³-hybridized carbons (Fsp3) is 0.318. The van der Waals surface area contributed by atoms with Crippen molar-refractivity contribution in [3.63, 3.8) is 0 Å². The third-order valence-electron chi connectivity index (χ3n) is 4.91. The van der Waals surface area contributed by atoms with E-state index in [9.17, 15) is 9.59 Å². The third kappa shape index (κ3) is 5.34. The van der Waals surface area contributed by atoms with Gasteiger partial charge in [-0.3, -0.25) is 15.0 Å². The molecule has 7 heteroatoms. The van der Waals surface area contributed by atoms with Gasteiger partial charge >= 0.3 is 5.97 Å². The number of hydrogen-bond donors (Lipinski definition) is 3. The number of ether oxygens (including phenoxy) is 2. The van der Waals surface area contributed by atoms with E-state index in [2.05, 4.69) is 5.32 Å². The zero-order valence-electron chi connectivity index (χ0n) is 16.4. The maximum absolute atomic E-state index is 12.4. The molecule has 1 unspecified atom stereocenters. The molecule has 0 aliphatic carbocycles. The maximum atomic E-state index is 12.4. The topological polar surface area (TPSA) is 114 Å². The lowest BCUT2D eigenvalue weighted by Gasteiger charge is -2.25. The van der Waals surface area contributed by atoms with E-state index in [-0.39, 0.29) is 30.2 Å². The minimum Gasteiger partial charge on any atom is -0.497 e. The van der Waals surface area contributed by atoms with Gasteiger partial charge in [-0.25, -0.2) is 0 Å². The minimum absolute atomic E-state index is 0.0554. The largest absolute Gasteiger partial charge is 0.497 e. The molecule has 3 rings (SSSR count). The molecule has 152 valence electrons. The molecule has 2 aromatic carbocycles. The maximum Gasteiger partial charge on any atom is 0.313 e. The Kier molecular flexibility index (Phi) is 6.49. The molecule has 0 saturated carbocycles. The standard InChI is InChI=1S/C22H25N3O4/c1-28-16-10-11-17-18(13-21(27)29-19(17)12-16)25-20(26)5-3-2-4-14-6-8-15(9-7-14)22(23)24/h6-12,18H,2-5,13H2,1H3,(H3,23,24)(H,25,26). The molecular formula is C22H25N3O4. The Morgan fingerprint density at radius 2 is 2.00 bits per heavy atom. The first-order valence-corrected chi connectivity index (χ1v) is 9.57. The SMILES string of the molecule is COc1ccc2c(c1)OC(=O)CC2NC(=O)CCCCc1ccc(C(=N)N)cc1. The molecule has 0 fully saturated rings. The van der Waals surface area contributed by atoms with Gasteiger partial charge < -0.3 is 20.5 Å². The van der Waals surface area contributed by atoms with Crippen LogP contribution in [0.15, 0.2) is 42.5 Å². The number of amides is 1. The third-order valence-corrected chi connectivity index (χ3v) is 4.91. The number of esters is 1. The Labute approximate surface area is 169 Å². The van der Waals surface area contributed by atoms with Gasteiger partial charge in [-0.2, -0.15) is 0 Å². The molecule has 29 heavy (non-hydrogen) atoms. The molecule has 4 N–H and O–H groups in total. The lowest BCUT2D eigenvalue weighted by molar-refractivity contribution is -0.136. The van der Waals surface area contributed by atoms with Crippen LogP contribution >= 0.6 is 0 Å². The number of fused-ring (bicyclic) bond motifs is 1. The fourth-order valence-corrected chi connectivity index (χ4v) is 3.32. The van der Waals surface area contributed by atoms with E-state index in [0.717, 1.165) is 30.4 Å². The van der Waals surface area contributed by atoms with Gasteiger partial charge in [0.15, 0.2) is 0 Å². The van der Waals surface area contributed by atoms with E-state index in [1.165, 1.54) is 0 Å². The number of carbonyl (C=O) groups excluding carboxylic acids is 2. The van der Waals surface area contributed by atoms with Crippen molar-refractivity contribution in [2.45, 2.75) is 38.1 Å². The molecule has 1 aliphatic rings. The Morgan fingerprint density at radius 1 is 1.24 bits per heavy atom. The summed E-state index contributed by atoms with van der Waals surface area (Å²) in [6.45, 7) is 0. The average Bonchev–Trinajstić information content (AvgIpc) is 2.71. The highest BCUT2D eigenvalue weighted by Crippen LogP contribution is 2.35. The molecule has 0 saturated heterocycles. The average molecular weight is 395 g/mol. The van der Waals surface area contributed by atoms with Crippen molar-refractivity contribution in [2.24, 2.45) is 5.73 Å². The summed E-state index contributed by atoms with van der Waals surface area (Å²) in [7, 11) is 1.54. The predicted molar refractivity (Wildman–Crippen MR) is 109 cm³/mol. The van der Waals surface area contributed by atoms with Crippen molar-refractivity contribution < 1.29 is 19.1 Å². The number of unbranched alkanes of at least 4 members (excludes halogenated alkanes) is 1. The fourth-order valence-electron chi connectivity index (χ4n) is 3.32. The summed E-state index contributed by atoms with van der Waals surface area (Å²) in [4.78, 5) is 24.2. The first-order valence-electron chi connectivity index (χ1n) is 9.57. The van der Waals surface area contributed by atoms with Crippen molar-refractivity contribution in [1.29, 1.82) is 5.41 Å². The summed E-state index contributed by atoms with van der Waals surface area (Å²) < 4.78 is 10.4. The van der Waals surface area contributed by atoms with E-state index in [1.807, 2.05) is 30.3 Å².